The first-order valence-corrected chi connectivity index (χ1v) is 6.46. The van der Waals surface area contributed by atoms with Crippen LogP contribution in [0.3, 0.4) is 0 Å². The third-order valence-corrected chi connectivity index (χ3v) is 3.20. The molecule has 0 amide bonds. The lowest BCUT2D eigenvalue weighted by Gasteiger charge is -1.96. The number of benzene rings is 1. The molecule has 0 unspecified atom stereocenters. The molecule has 1 aliphatic rings. The number of hydrogen-bond donors (Lipinski definition) is 0. The van der Waals surface area contributed by atoms with Crippen molar-refractivity contribution in [2.45, 2.75) is 13.3 Å². The van der Waals surface area contributed by atoms with Gasteiger partial charge in [-0.15, -0.1) is 0 Å². The first-order chi connectivity index (χ1) is 9.24. The molecule has 1 aliphatic carbocycles. The Morgan fingerprint density at radius 3 is 3.00 bits per heavy atom. The van der Waals surface area contributed by atoms with E-state index in [2.05, 4.69) is 36.9 Å². The van der Waals surface area contributed by atoms with E-state index < -0.39 is 0 Å². The monoisotopic (exact) mass is 248 g/mol. The van der Waals surface area contributed by atoms with Gasteiger partial charge in [-0.05, 0) is 37.1 Å². The highest BCUT2D eigenvalue weighted by molar-refractivity contribution is 5.92. The minimum Gasteiger partial charge on any atom is -0.456 e. The lowest BCUT2D eigenvalue weighted by Crippen LogP contribution is -1.77. The molecule has 1 nitrogen and oxygen atoms in total. The molecule has 94 valence electrons. The Balaban J connectivity index is 2.14. The van der Waals surface area contributed by atoms with Crippen molar-refractivity contribution in [3.05, 3.63) is 71.5 Å². The van der Waals surface area contributed by atoms with Gasteiger partial charge in [-0.2, -0.15) is 0 Å². The van der Waals surface area contributed by atoms with Crippen molar-refractivity contribution in [2.75, 3.05) is 0 Å². The Morgan fingerprint density at radius 2 is 2.16 bits per heavy atom. The van der Waals surface area contributed by atoms with Gasteiger partial charge < -0.3 is 4.42 Å². The Labute approximate surface area is 113 Å². The van der Waals surface area contributed by atoms with Gasteiger partial charge in [0.15, 0.2) is 0 Å². The van der Waals surface area contributed by atoms with E-state index in [0.717, 1.165) is 23.3 Å². The molecule has 2 aromatic rings. The molecule has 0 fully saturated rings. The summed E-state index contributed by atoms with van der Waals surface area (Å²) in [5.74, 6) is 0.944. The quantitative estimate of drug-likeness (QED) is 0.651. The van der Waals surface area contributed by atoms with Gasteiger partial charge in [-0.3, -0.25) is 0 Å². The number of allylic oxidation sites excluding steroid dienone is 5. The van der Waals surface area contributed by atoms with Crippen LogP contribution in [0.25, 0.3) is 23.1 Å². The van der Waals surface area contributed by atoms with E-state index in [0.29, 0.717) is 0 Å². The third kappa shape index (κ3) is 2.32. The Morgan fingerprint density at radius 1 is 1.32 bits per heavy atom. The minimum atomic E-state index is 0.919. The molecule has 0 spiro atoms. The maximum Gasteiger partial charge on any atom is 0.135 e. The smallest absolute Gasteiger partial charge is 0.135 e. The molecule has 0 radical (unpaired) electrons. The van der Waals surface area contributed by atoms with Crippen molar-refractivity contribution < 1.29 is 4.42 Å². The molecule has 0 aliphatic heterocycles. The van der Waals surface area contributed by atoms with Crippen LogP contribution in [0.4, 0.5) is 0 Å². The Kier molecular flexibility index (Phi) is 2.96. The zero-order valence-corrected chi connectivity index (χ0v) is 11.0. The van der Waals surface area contributed by atoms with Gasteiger partial charge in [0.2, 0.25) is 0 Å². The topological polar surface area (TPSA) is 13.1 Å². The first-order valence-electron chi connectivity index (χ1n) is 6.46. The van der Waals surface area contributed by atoms with Gasteiger partial charge in [-0.25, -0.2) is 0 Å². The Hall–Kier alpha value is -2.28. The summed E-state index contributed by atoms with van der Waals surface area (Å²) in [5, 5.41) is 1.17. The molecule has 19 heavy (non-hydrogen) atoms. The summed E-state index contributed by atoms with van der Waals surface area (Å²) in [6.07, 6.45) is 11.5. The van der Waals surface area contributed by atoms with E-state index in [4.69, 9.17) is 4.42 Å². The molecule has 0 saturated carbocycles. The van der Waals surface area contributed by atoms with Crippen LogP contribution in [0.1, 0.15) is 24.7 Å². The van der Waals surface area contributed by atoms with Gasteiger partial charge >= 0.3 is 0 Å². The maximum absolute atomic E-state index is 5.87. The molecule has 0 atom stereocenters. The van der Waals surface area contributed by atoms with E-state index in [-0.39, 0.29) is 0 Å². The second-order valence-corrected chi connectivity index (χ2v) is 4.88. The standard InChI is InChI=1S/C18H16O/c1-13(2)10-11-14-6-5-9-18-16(12-14)15-7-3-4-8-17(15)19-18/h3-5,7-12H,1,6H2,2H3/b11-10+. The molecule has 0 saturated heterocycles. The van der Waals surface area contributed by atoms with Crippen molar-refractivity contribution in [2.24, 2.45) is 0 Å². The highest BCUT2D eigenvalue weighted by Crippen LogP contribution is 2.31. The van der Waals surface area contributed by atoms with Crippen molar-refractivity contribution in [3.8, 4) is 0 Å². The van der Waals surface area contributed by atoms with E-state index in [1.165, 1.54) is 16.5 Å². The predicted molar refractivity (Wildman–Crippen MR) is 81.8 cm³/mol. The van der Waals surface area contributed by atoms with Crippen molar-refractivity contribution in [1.29, 1.82) is 0 Å². The number of furan rings is 1. The second-order valence-electron chi connectivity index (χ2n) is 4.88. The zero-order valence-electron chi connectivity index (χ0n) is 11.0. The fraction of sp³-hybridized carbons (Fsp3) is 0.111. The van der Waals surface area contributed by atoms with Crippen LogP contribution < -0.4 is 0 Å². The summed E-state index contributed by atoms with van der Waals surface area (Å²) >= 11 is 0. The average Bonchev–Trinajstić information content (AvgIpc) is 2.61. The number of para-hydroxylation sites is 1. The lowest BCUT2D eigenvalue weighted by molar-refractivity contribution is 0.603. The number of rotatable bonds is 2. The largest absolute Gasteiger partial charge is 0.456 e. The highest BCUT2D eigenvalue weighted by Gasteiger charge is 2.11. The van der Waals surface area contributed by atoms with Crippen molar-refractivity contribution in [1.82, 2.24) is 0 Å². The minimum absolute atomic E-state index is 0.919. The predicted octanol–water partition coefficient (Wildman–Crippen LogP) is 5.37. The van der Waals surface area contributed by atoms with Crippen LogP contribution in [0.15, 0.2) is 64.6 Å². The van der Waals surface area contributed by atoms with E-state index in [1.807, 2.05) is 31.2 Å². The molecule has 0 bridgehead atoms. The molecular formula is C18H16O. The van der Waals surface area contributed by atoms with Crippen molar-refractivity contribution in [3.63, 3.8) is 0 Å². The van der Waals surface area contributed by atoms with Crippen LogP contribution in [-0.2, 0) is 0 Å². The van der Waals surface area contributed by atoms with Gasteiger partial charge in [0.25, 0.3) is 0 Å². The summed E-state index contributed by atoms with van der Waals surface area (Å²) in [7, 11) is 0. The van der Waals surface area contributed by atoms with Crippen LogP contribution in [-0.4, -0.2) is 0 Å². The SMILES string of the molecule is C=C(C)/C=C/C1=Cc2c(oc3ccccc23)C=CC1. The average molecular weight is 248 g/mol. The Bertz CT molecular complexity index is 723. The number of hydrogen-bond acceptors (Lipinski definition) is 1. The molecule has 1 heterocycles. The summed E-state index contributed by atoms with van der Waals surface area (Å²) in [5.41, 5.74) is 4.44. The fourth-order valence-electron chi connectivity index (χ4n) is 2.27. The van der Waals surface area contributed by atoms with Gasteiger partial charge in [-0.1, -0.05) is 48.6 Å². The molecule has 0 N–H and O–H groups in total. The van der Waals surface area contributed by atoms with Crippen LogP contribution in [0.2, 0.25) is 0 Å². The van der Waals surface area contributed by atoms with Crippen molar-refractivity contribution >= 4 is 23.1 Å². The summed E-state index contributed by atoms with van der Waals surface area (Å²) in [6, 6.07) is 8.16. The highest BCUT2D eigenvalue weighted by atomic mass is 16.3. The third-order valence-electron chi connectivity index (χ3n) is 3.20. The first kappa shape index (κ1) is 11.8. The fourth-order valence-corrected chi connectivity index (χ4v) is 2.27. The van der Waals surface area contributed by atoms with Gasteiger partial charge in [0.05, 0.1) is 0 Å². The van der Waals surface area contributed by atoms with Crippen LogP contribution in [0, 0.1) is 0 Å². The zero-order chi connectivity index (χ0) is 13.2. The summed E-state index contributed by atoms with van der Waals surface area (Å²) < 4.78 is 5.87. The van der Waals surface area contributed by atoms with E-state index in [1.54, 1.807) is 0 Å². The van der Waals surface area contributed by atoms with Gasteiger partial charge in [0.1, 0.15) is 11.3 Å². The van der Waals surface area contributed by atoms with E-state index in [9.17, 15) is 0 Å². The number of fused-ring (bicyclic) bond motifs is 3. The molecule has 1 aromatic carbocycles. The lowest BCUT2D eigenvalue weighted by atomic mass is 10.1. The molecule has 3 rings (SSSR count). The second kappa shape index (κ2) is 4.77. The molecular weight excluding hydrogens is 232 g/mol. The summed E-state index contributed by atoms with van der Waals surface area (Å²) in [6.45, 7) is 5.90. The van der Waals surface area contributed by atoms with E-state index >= 15 is 0 Å². The normalized spacial score (nSPS) is 14.5. The summed E-state index contributed by atoms with van der Waals surface area (Å²) in [4.78, 5) is 0. The van der Waals surface area contributed by atoms with Crippen LogP contribution >= 0.6 is 0 Å². The maximum atomic E-state index is 5.87. The molecule has 1 heteroatoms. The molecule has 1 aromatic heterocycles. The van der Waals surface area contributed by atoms with Gasteiger partial charge in [0, 0.05) is 10.9 Å². The van der Waals surface area contributed by atoms with Crippen LogP contribution in [0.5, 0.6) is 0 Å².